The molecule has 0 radical (unpaired) electrons. The van der Waals surface area contributed by atoms with E-state index in [1.54, 1.807) is 29.4 Å². The van der Waals surface area contributed by atoms with Crippen molar-refractivity contribution in [1.82, 2.24) is 15.2 Å². The zero-order valence-corrected chi connectivity index (χ0v) is 15.5. The summed E-state index contributed by atoms with van der Waals surface area (Å²) >= 11 is 0. The zero-order valence-electron chi connectivity index (χ0n) is 15.5. The maximum absolute atomic E-state index is 13.5. The molecule has 1 aliphatic rings. The van der Waals surface area contributed by atoms with Gasteiger partial charge in [0.25, 0.3) is 5.91 Å². The van der Waals surface area contributed by atoms with Gasteiger partial charge in [0.2, 0.25) is 0 Å². The maximum atomic E-state index is 13.5. The minimum atomic E-state index is -1.07. The summed E-state index contributed by atoms with van der Waals surface area (Å²) in [6.45, 7) is 1.35. The summed E-state index contributed by atoms with van der Waals surface area (Å²) in [4.78, 5) is 41.9. The molecule has 1 aromatic heterocycles. The molecule has 1 aliphatic heterocycles. The predicted molar refractivity (Wildman–Crippen MR) is 101 cm³/mol. The van der Waals surface area contributed by atoms with Crippen LogP contribution in [0.5, 0.6) is 0 Å². The van der Waals surface area contributed by atoms with Crippen LogP contribution in [-0.2, 0) is 9.59 Å². The third-order valence-corrected chi connectivity index (χ3v) is 4.76. The second-order valence-corrected chi connectivity index (χ2v) is 6.76. The zero-order chi connectivity index (χ0) is 20.8. The standard InChI is InChI=1S/C20H20F2N4O3/c21-15-1-2-16(22)17(11-15)25-19(28)18(27)24-12-13-5-9-26(10-6-13)20(29)14-3-7-23-8-4-14/h1-4,7-8,11,13H,5-6,9-10,12H2,(H,24,27)(H,25,28). The molecule has 0 aliphatic carbocycles. The van der Waals surface area contributed by atoms with E-state index in [1.165, 1.54) is 0 Å². The van der Waals surface area contributed by atoms with Gasteiger partial charge in [-0.05, 0) is 43.0 Å². The van der Waals surface area contributed by atoms with Crippen molar-refractivity contribution in [3.05, 3.63) is 59.9 Å². The molecule has 3 rings (SSSR count). The number of nitrogens with zero attached hydrogens (tertiary/aromatic N) is 2. The van der Waals surface area contributed by atoms with Crippen LogP contribution in [0.15, 0.2) is 42.7 Å². The molecule has 7 nitrogen and oxygen atoms in total. The molecule has 2 N–H and O–H groups in total. The topological polar surface area (TPSA) is 91.4 Å². The molecule has 0 unspecified atom stereocenters. The fourth-order valence-electron chi connectivity index (χ4n) is 3.11. The smallest absolute Gasteiger partial charge is 0.313 e. The first-order valence-electron chi connectivity index (χ1n) is 9.17. The van der Waals surface area contributed by atoms with Crippen molar-refractivity contribution < 1.29 is 23.2 Å². The summed E-state index contributed by atoms with van der Waals surface area (Å²) in [5, 5.41) is 4.56. The van der Waals surface area contributed by atoms with Gasteiger partial charge in [-0.1, -0.05) is 0 Å². The van der Waals surface area contributed by atoms with Gasteiger partial charge < -0.3 is 15.5 Å². The maximum Gasteiger partial charge on any atom is 0.313 e. The second-order valence-electron chi connectivity index (χ2n) is 6.76. The van der Waals surface area contributed by atoms with E-state index in [0.29, 0.717) is 31.5 Å². The van der Waals surface area contributed by atoms with Crippen LogP contribution in [0.2, 0.25) is 0 Å². The number of halogens is 2. The fourth-order valence-corrected chi connectivity index (χ4v) is 3.11. The van der Waals surface area contributed by atoms with Crippen LogP contribution < -0.4 is 10.6 Å². The Morgan fingerprint density at radius 2 is 1.72 bits per heavy atom. The highest BCUT2D eigenvalue weighted by molar-refractivity contribution is 6.39. The molecule has 2 heterocycles. The number of piperidine rings is 1. The largest absolute Gasteiger partial charge is 0.348 e. The van der Waals surface area contributed by atoms with E-state index in [-0.39, 0.29) is 18.4 Å². The normalized spacial score (nSPS) is 14.3. The summed E-state index contributed by atoms with van der Waals surface area (Å²) in [5.74, 6) is -3.51. The van der Waals surface area contributed by atoms with E-state index >= 15 is 0 Å². The van der Waals surface area contributed by atoms with Crippen LogP contribution in [0.25, 0.3) is 0 Å². The molecule has 1 saturated heterocycles. The molecule has 1 fully saturated rings. The van der Waals surface area contributed by atoms with Crippen molar-refractivity contribution in [2.24, 2.45) is 5.92 Å². The molecule has 9 heteroatoms. The van der Waals surface area contributed by atoms with Gasteiger partial charge in [0.15, 0.2) is 0 Å². The van der Waals surface area contributed by atoms with Crippen molar-refractivity contribution in [2.75, 3.05) is 25.0 Å². The predicted octanol–water partition coefficient (Wildman–Crippen LogP) is 1.97. The molecule has 29 heavy (non-hydrogen) atoms. The van der Waals surface area contributed by atoms with Gasteiger partial charge in [-0.3, -0.25) is 19.4 Å². The number of amides is 3. The molecule has 152 valence electrons. The van der Waals surface area contributed by atoms with Gasteiger partial charge in [0.1, 0.15) is 11.6 Å². The minimum Gasteiger partial charge on any atom is -0.348 e. The molecule has 0 saturated carbocycles. The Kier molecular flexibility index (Phi) is 6.48. The number of nitrogens with one attached hydrogen (secondary N) is 2. The summed E-state index contributed by atoms with van der Waals surface area (Å²) in [7, 11) is 0. The summed E-state index contributed by atoms with van der Waals surface area (Å²) < 4.78 is 26.7. The van der Waals surface area contributed by atoms with Crippen molar-refractivity contribution >= 4 is 23.4 Å². The van der Waals surface area contributed by atoms with Crippen LogP contribution in [0.1, 0.15) is 23.2 Å². The van der Waals surface area contributed by atoms with E-state index in [4.69, 9.17) is 0 Å². The highest BCUT2D eigenvalue weighted by Crippen LogP contribution is 2.19. The van der Waals surface area contributed by atoms with Crippen LogP contribution in [0.3, 0.4) is 0 Å². The lowest BCUT2D eigenvalue weighted by Gasteiger charge is -2.32. The van der Waals surface area contributed by atoms with Crippen LogP contribution >= 0.6 is 0 Å². The highest BCUT2D eigenvalue weighted by atomic mass is 19.1. The highest BCUT2D eigenvalue weighted by Gasteiger charge is 2.25. The molecule has 0 atom stereocenters. The average molecular weight is 402 g/mol. The van der Waals surface area contributed by atoms with Gasteiger partial charge in [-0.2, -0.15) is 0 Å². The number of benzene rings is 1. The second kappa shape index (κ2) is 9.22. The van der Waals surface area contributed by atoms with E-state index in [0.717, 1.165) is 18.2 Å². The van der Waals surface area contributed by atoms with Gasteiger partial charge in [0.05, 0.1) is 5.69 Å². The molecule has 3 amide bonds. The fraction of sp³-hybridized carbons (Fsp3) is 0.300. The lowest BCUT2D eigenvalue weighted by molar-refractivity contribution is -0.136. The summed E-state index contributed by atoms with van der Waals surface area (Å²) in [6, 6.07) is 5.90. The molecule has 0 spiro atoms. The number of aromatic nitrogens is 1. The number of pyridine rings is 1. The van der Waals surface area contributed by atoms with Crippen LogP contribution in [0.4, 0.5) is 14.5 Å². The number of hydrogen-bond donors (Lipinski definition) is 2. The van der Waals surface area contributed by atoms with E-state index in [9.17, 15) is 23.2 Å². The quantitative estimate of drug-likeness (QED) is 0.765. The first-order valence-corrected chi connectivity index (χ1v) is 9.17. The minimum absolute atomic E-state index is 0.0635. The molecule has 0 bridgehead atoms. The Bertz CT molecular complexity index is 900. The van der Waals surface area contributed by atoms with Crippen molar-refractivity contribution in [2.45, 2.75) is 12.8 Å². The van der Waals surface area contributed by atoms with Crippen LogP contribution in [0, 0.1) is 17.6 Å². The van der Waals surface area contributed by atoms with Crippen LogP contribution in [-0.4, -0.2) is 47.2 Å². The molecular weight excluding hydrogens is 382 g/mol. The van der Waals surface area contributed by atoms with E-state index in [2.05, 4.69) is 15.6 Å². The lowest BCUT2D eigenvalue weighted by Crippen LogP contribution is -2.43. The SMILES string of the molecule is O=C(NCC1CCN(C(=O)c2ccncc2)CC1)C(=O)Nc1cc(F)ccc1F. The van der Waals surface area contributed by atoms with Crippen molar-refractivity contribution in [1.29, 1.82) is 0 Å². The van der Waals surface area contributed by atoms with Gasteiger partial charge in [-0.15, -0.1) is 0 Å². The van der Waals surface area contributed by atoms with Crippen molar-refractivity contribution in [3.8, 4) is 0 Å². The number of anilines is 1. The Hall–Kier alpha value is -3.36. The van der Waals surface area contributed by atoms with Gasteiger partial charge in [0, 0.05) is 43.7 Å². The first kappa shape index (κ1) is 20.4. The Balaban J connectivity index is 1.44. The van der Waals surface area contributed by atoms with E-state index < -0.39 is 29.1 Å². The third kappa shape index (κ3) is 5.34. The number of rotatable bonds is 4. The monoisotopic (exact) mass is 402 g/mol. The molecule has 1 aromatic carbocycles. The summed E-state index contributed by atoms with van der Waals surface area (Å²) in [5.41, 5.74) is 0.182. The lowest BCUT2D eigenvalue weighted by atomic mass is 9.96. The Labute approximate surface area is 166 Å². The van der Waals surface area contributed by atoms with Gasteiger partial charge in [-0.25, -0.2) is 8.78 Å². The first-order chi connectivity index (χ1) is 13.9. The number of carbonyl (C=O) groups is 3. The molecular formula is C20H20F2N4O3. The van der Waals surface area contributed by atoms with Gasteiger partial charge >= 0.3 is 11.8 Å². The number of carbonyl (C=O) groups excluding carboxylic acids is 3. The Morgan fingerprint density at radius 3 is 2.41 bits per heavy atom. The summed E-state index contributed by atoms with van der Waals surface area (Å²) in [6.07, 6.45) is 4.49. The average Bonchev–Trinajstić information content (AvgIpc) is 2.75. The van der Waals surface area contributed by atoms with Crippen molar-refractivity contribution in [3.63, 3.8) is 0 Å². The van der Waals surface area contributed by atoms with E-state index in [1.807, 2.05) is 0 Å². The third-order valence-electron chi connectivity index (χ3n) is 4.76. The Morgan fingerprint density at radius 1 is 1.03 bits per heavy atom. The number of hydrogen-bond acceptors (Lipinski definition) is 4. The number of likely N-dealkylation sites (tertiary alicyclic amines) is 1. The molecule has 2 aromatic rings.